The average Bonchev–Trinajstić information content (AvgIpc) is 3.56. The van der Waals surface area contributed by atoms with Gasteiger partial charge in [-0.3, -0.25) is 13.8 Å². The van der Waals surface area contributed by atoms with Gasteiger partial charge in [0.2, 0.25) is 5.91 Å². The molecule has 0 aliphatic carbocycles. The maximum atomic E-state index is 13.1. The van der Waals surface area contributed by atoms with Gasteiger partial charge in [-0.2, -0.15) is 0 Å². The van der Waals surface area contributed by atoms with Crippen molar-refractivity contribution in [3.8, 4) is 0 Å². The number of nitrogens with zero attached hydrogens (tertiary/aromatic N) is 1. The van der Waals surface area contributed by atoms with E-state index >= 15 is 0 Å². The third-order valence-corrected chi connectivity index (χ3v) is 17.5. The summed E-state index contributed by atoms with van der Waals surface area (Å²) in [6.45, 7) is 4.82. The summed E-state index contributed by atoms with van der Waals surface area (Å²) in [5.41, 5.74) is 0. The molecule has 0 aromatic heterocycles. The third kappa shape index (κ3) is 67.4. The van der Waals surface area contributed by atoms with Crippen molar-refractivity contribution in [3.63, 3.8) is 0 Å². The van der Waals surface area contributed by atoms with E-state index in [0.29, 0.717) is 23.9 Å². The molecular formula is C75H142N2O6P+. The van der Waals surface area contributed by atoms with E-state index in [1.807, 2.05) is 21.1 Å². The van der Waals surface area contributed by atoms with Crippen molar-refractivity contribution in [2.75, 3.05) is 40.9 Å². The molecule has 492 valence electrons. The summed E-state index contributed by atoms with van der Waals surface area (Å²) in [6, 6.07) is -0.768. The number of rotatable bonds is 67. The summed E-state index contributed by atoms with van der Waals surface area (Å²) >= 11 is 0. The zero-order valence-corrected chi connectivity index (χ0v) is 57.3. The molecule has 0 bridgehead atoms. The van der Waals surface area contributed by atoms with Crippen molar-refractivity contribution >= 4 is 13.7 Å². The van der Waals surface area contributed by atoms with Crippen LogP contribution in [0.5, 0.6) is 0 Å². The van der Waals surface area contributed by atoms with Crippen LogP contribution in [0, 0.1) is 0 Å². The minimum atomic E-state index is -4.34. The number of likely N-dealkylation sites (N-methyl/N-ethyl adjacent to an activating group) is 1. The maximum absolute atomic E-state index is 13.1. The van der Waals surface area contributed by atoms with Gasteiger partial charge >= 0.3 is 7.82 Å². The Balaban J connectivity index is 4.03. The lowest BCUT2D eigenvalue weighted by Gasteiger charge is -2.26. The Hall–Kier alpha value is -2.06. The van der Waals surface area contributed by atoms with Gasteiger partial charge in [0.1, 0.15) is 13.2 Å². The number of allylic oxidation sites excluding steroid dienone is 12. The lowest BCUT2D eigenvalue weighted by atomic mass is 10.0. The van der Waals surface area contributed by atoms with Crippen LogP contribution in [0.2, 0.25) is 0 Å². The minimum absolute atomic E-state index is 0.0728. The predicted octanol–water partition coefficient (Wildman–Crippen LogP) is 23.3. The van der Waals surface area contributed by atoms with E-state index in [4.69, 9.17) is 9.05 Å². The normalized spacial score (nSPS) is 14.0. The third-order valence-electron chi connectivity index (χ3n) is 16.5. The summed E-state index contributed by atoms with van der Waals surface area (Å²) in [6.07, 6.45) is 91.5. The number of nitrogens with one attached hydrogen (secondary N) is 1. The van der Waals surface area contributed by atoms with Gasteiger partial charge in [0, 0.05) is 6.42 Å². The molecular weight excluding hydrogens is 1060 g/mol. The van der Waals surface area contributed by atoms with E-state index < -0.39 is 20.0 Å². The van der Waals surface area contributed by atoms with Gasteiger partial charge in [0.15, 0.2) is 0 Å². The molecule has 3 N–H and O–H groups in total. The number of amides is 1. The van der Waals surface area contributed by atoms with Crippen molar-refractivity contribution in [3.05, 3.63) is 72.9 Å². The Morgan fingerprint density at radius 3 is 1.05 bits per heavy atom. The standard InChI is InChI=1S/C75H141N2O6P/c1-6-8-10-12-14-16-18-20-22-24-26-28-30-32-34-36-38-40-42-44-46-48-50-52-54-56-58-60-62-64-66-68-74(78)73(72-83-84(80,81)82-71-70-77(3,4)5)76-75(79)69-67-65-63-61-59-57-55-53-51-49-47-45-43-41-39-37-35-33-31-29-27-25-23-21-19-17-15-13-11-9-7-2/h9,11,15,17,21,23,27,29,33,35,39,41,73-74,78H,6-8,10,12-14,16,18-20,22,24-26,28,30-32,34,36-38,40,42-72H2,1-5H3,(H-,76,79,80,81)/p+1/b11-9-,17-15-,23-21-,29-27-,35-33-,41-39-. The lowest BCUT2D eigenvalue weighted by Crippen LogP contribution is -2.46. The van der Waals surface area contributed by atoms with Gasteiger partial charge in [0.05, 0.1) is 39.9 Å². The van der Waals surface area contributed by atoms with Gasteiger partial charge in [-0.15, -0.1) is 0 Å². The molecule has 84 heavy (non-hydrogen) atoms. The Kier molecular flexibility index (Phi) is 63.8. The molecule has 9 heteroatoms. The van der Waals surface area contributed by atoms with Crippen molar-refractivity contribution in [1.82, 2.24) is 5.32 Å². The van der Waals surface area contributed by atoms with E-state index in [0.717, 1.165) is 77.0 Å². The van der Waals surface area contributed by atoms with Crippen LogP contribution in [0.4, 0.5) is 0 Å². The van der Waals surface area contributed by atoms with Gasteiger partial charge in [0.25, 0.3) is 0 Å². The van der Waals surface area contributed by atoms with Gasteiger partial charge in [-0.05, 0) is 64.2 Å². The largest absolute Gasteiger partial charge is 0.472 e. The SMILES string of the molecule is CC/C=C\C/C=C\C/C=C\C/C=C\C/C=C\C/C=C\CCCCCCCCCCCCCCC(=O)NC(COP(=O)(O)OCC[N+](C)(C)C)C(O)CCCCCCCCCCCCCCCCCCCCCCCCCCCCCCCCC. The zero-order valence-electron chi connectivity index (χ0n) is 56.4. The topological polar surface area (TPSA) is 105 Å². The summed E-state index contributed by atoms with van der Waals surface area (Å²) in [5.74, 6) is -0.144. The Bertz CT molecular complexity index is 1600. The minimum Gasteiger partial charge on any atom is -0.391 e. The van der Waals surface area contributed by atoms with Crippen LogP contribution in [0.1, 0.15) is 348 Å². The van der Waals surface area contributed by atoms with Crippen molar-refractivity contribution < 1.29 is 32.9 Å². The fraction of sp³-hybridized carbons (Fsp3) is 0.827. The summed E-state index contributed by atoms with van der Waals surface area (Å²) in [7, 11) is 1.62. The van der Waals surface area contributed by atoms with Crippen LogP contribution in [-0.4, -0.2) is 73.4 Å². The summed E-state index contributed by atoms with van der Waals surface area (Å²) in [5, 5.41) is 14.2. The fourth-order valence-electron chi connectivity index (χ4n) is 10.9. The first kappa shape index (κ1) is 81.9. The molecule has 0 aromatic rings. The highest BCUT2D eigenvalue weighted by Gasteiger charge is 2.28. The number of phosphoric ester groups is 1. The number of quaternary nitrogens is 1. The van der Waals surface area contributed by atoms with Crippen LogP contribution < -0.4 is 5.32 Å². The van der Waals surface area contributed by atoms with Gasteiger partial charge in [-0.25, -0.2) is 4.57 Å². The van der Waals surface area contributed by atoms with Crippen LogP contribution in [0.3, 0.4) is 0 Å². The molecule has 8 nitrogen and oxygen atoms in total. The number of hydrogen-bond donors (Lipinski definition) is 3. The highest BCUT2D eigenvalue weighted by atomic mass is 31.2. The molecule has 0 spiro atoms. The fourth-order valence-corrected chi connectivity index (χ4v) is 11.6. The number of aliphatic hydroxyl groups is 1. The van der Waals surface area contributed by atoms with Crippen LogP contribution in [-0.2, 0) is 18.4 Å². The second-order valence-corrected chi connectivity index (χ2v) is 27.4. The average molecular weight is 1200 g/mol. The Labute approximate surface area is 523 Å². The van der Waals surface area contributed by atoms with Crippen molar-refractivity contribution in [2.45, 2.75) is 360 Å². The molecule has 0 aliphatic rings. The molecule has 0 aromatic carbocycles. The molecule has 0 radical (unpaired) electrons. The highest BCUT2D eigenvalue weighted by molar-refractivity contribution is 7.47. The molecule has 0 heterocycles. The maximum Gasteiger partial charge on any atom is 0.472 e. The van der Waals surface area contributed by atoms with E-state index in [1.54, 1.807) is 0 Å². The summed E-state index contributed by atoms with van der Waals surface area (Å²) < 4.78 is 23.9. The first-order valence-electron chi connectivity index (χ1n) is 36.3. The zero-order chi connectivity index (χ0) is 61.2. The second-order valence-electron chi connectivity index (χ2n) is 25.9. The highest BCUT2D eigenvalue weighted by Crippen LogP contribution is 2.43. The van der Waals surface area contributed by atoms with Crippen molar-refractivity contribution in [2.24, 2.45) is 0 Å². The predicted molar refractivity (Wildman–Crippen MR) is 369 cm³/mol. The Morgan fingerprint density at radius 2 is 0.714 bits per heavy atom. The smallest absolute Gasteiger partial charge is 0.391 e. The number of hydrogen-bond acceptors (Lipinski definition) is 5. The quantitative estimate of drug-likeness (QED) is 0.0243. The molecule has 0 fully saturated rings. The molecule has 3 atom stereocenters. The van der Waals surface area contributed by atoms with Crippen LogP contribution >= 0.6 is 7.82 Å². The van der Waals surface area contributed by atoms with E-state index in [-0.39, 0.29) is 19.1 Å². The van der Waals surface area contributed by atoms with Gasteiger partial charge in [-0.1, -0.05) is 350 Å². The number of unbranched alkanes of at least 4 members (excludes halogenated alkanes) is 42. The molecule has 3 unspecified atom stereocenters. The van der Waals surface area contributed by atoms with Gasteiger partial charge < -0.3 is 19.8 Å². The van der Waals surface area contributed by atoms with Crippen LogP contribution in [0.25, 0.3) is 0 Å². The molecule has 0 aliphatic heterocycles. The number of aliphatic hydroxyl groups excluding tert-OH is 1. The van der Waals surface area contributed by atoms with Crippen molar-refractivity contribution in [1.29, 1.82) is 0 Å². The lowest BCUT2D eigenvalue weighted by molar-refractivity contribution is -0.870. The van der Waals surface area contributed by atoms with E-state index in [1.165, 1.54) is 244 Å². The molecule has 0 rings (SSSR count). The summed E-state index contributed by atoms with van der Waals surface area (Å²) in [4.78, 5) is 23.5. The number of phosphoric acid groups is 1. The molecule has 1 amide bonds. The first-order valence-corrected chi connectivity index (χ1v) is 37.8. The molecule has 0 saturated carbocycles. The second kappa shape index (κ2) is 65.4. The number of carbonyl (C=O) groups is 1. The first-order chi connectivity index (χ1) is 41.0. The Morgan fingerprint density at radius 1 is 0.417 bits per heavy atom. The molecule has 0 saturated heterocycles. The van der Waals surface area contributed by atoms with E-state index in [2.05, 4.69) is 92.1 Å². The number of carbonyl (C=O) groups excluding carboxylic acids is 1. The monoisotopic (exact) mass is 1200 g/mol. The van der Waals surface area contributed by atoms with E-state index in [9.17, 15) is 19.4 Å². The van der Waals surface area contributed by atoms with Crippen LogP contribution in [0.15, 0.2) is 72.9 Å².